The lowest BCUT2D eigenvalue weighted by molar-refractivity contribution is -0.137. The molecule has 0 spiro atoms. The summed E-state index contributed by atoms with van der Waals surface area (Å²) in [4.78, 5) is 14.4. The van der Waals surface area contributed by atoms with E-state index in [0.29, 0.717) is 41.1 Å². The SMILES string of the molecule is C=C(/C=C(\C=C(/C)C(F)(F)F)C(F)(F)F)[C@H]1OC(=O)N2[C@H](c3cc(C(F)(F)F)ccc3-c3cc(Cl)ccc3C)CCC[C@@H]12. The Bertz CT molecular complexity index is 1490. The van der Waals surface area contributed by atoms with Gasteiger partial charge in [0.25, 0.3) is 0 Å². The number of hydrogen-bond donors (Lipinski definition) is 0. The van der Waals surface area contributed by atoms with E-state index in [4.69, 9.17) is 16.3 Å². The molecule has 2 aromatic rings. The van der Waals surface area contributed by atoms with Gasteiger partial charge >= 0.3 is 24.6 Å². The van der Waals surface area contributed by atoms with Crippen LogP contribution in [0.5, 0.6) is 0 Å². The van der Waals surface area contributed by atoms with E-state index < -0.39 is 65.1 Å². The Balaban J connectivity index is 1.78. The van der Waals surface area contributed by atoms with Crippen molar-refractivity contribution in [3.63, 3.8) is 0 Å². The smallest absolute Gasteiger partial charge is 0.416 e. The molecule has 2 fully saturated rings. The lowest BCUT2D eigenvalue weighted by Gasteiger charge is -2.38. The van der Waals surface area contributed by atoms with E-state index in [-0.39, 0.29) is 24.5 Å². The van der Waals surface area contributed by atoms with Crippen molar-refractivity contribution in [1.29, 1.82) is 0 Å². The first-order valence-corrected chi connectivity index (χ1v) is 13.4. The molecule has 2 aliphatic heterocycles. The van der Waals surface area contributed by atoms with Gasteiger partial charge in [0.15, 0.2) is 0 Å². The highest BCUT2D eigenvalue weighted by molar-refractivity contribution is 6.30. The van der Waals surface area contributed by atoms with Crippen LogP contribution in [0.4, 0.5) is 44.3 Å². The van der Waals surface area contributed by atoms with Gasteiger partial charge in [-0.25, -0.2) is 4.79 Å². The maximum atomic E-state index is 13.8. The predicted octanol–water partition coefficient (Wildman–Crippen LogP) is 10.3. The molecule has 1 amide bonds. The predicted molar refractivity (Wildman–Crippen MR) is 142 cm³/mol. The molecular weight excluding hydrogens is 613 g/mol. The third kappa shape index (κ3) is 6.89. The molecule has 2 aromatic carbocycles. The number of cyclic esters (lactones) is 1. The molecule has 0 bridgehead atoms. The van der Waals surface area contributed by atoms with Gasteiger partial charge in [0.2, 0.25) is 0 Å². The monoisotopic (exact) mass is 637 g/mol. The van der Waals surface area contributed by atoms with Gasteiger partial charge in [-0.15, -0.1) is 0 Å². The van der Waals surface area contributed by atoms with Gasteiger partial charge < -0.3 is 4.74 Å². The van der Waals surface area contributed by atoms with Crippen LogP contribution in [-0.2, 0) is 10.9 Å². The molecule has 0 N–H and O–H groups in total. The molecular formula is C30H25ClF9NO2. The van der Waals surface area contributed by atoms with E-state index in [2.05, 4.69) is 6.58 Å². The second kappa shape index (κ2) is 11.6. The van der Waals surface area contributed by atoms with Crippen molar-refractivity contribution < 1.29 is 49.0 Å². The highest BCUT2D eigenvalue weighted by Gasteiger charge is 2.49. The topological polar surface area (TPSA) is 29.5 Å². The average molecular weight is 638 g/mol. The normalized spacial score (nSPS) is 22.0. The first kappa shape index (κ1) is 32.5. The summed E-state index contributed by atoms with van der Waals surface area (Å²) in [5.41, 5.74) is -2.78. The van der Waals surface area contributed by atoms with Gasteiger partial charge in [-0.2, -0.15) is 39.5 Å². The van der Waals surface area contributed by atoms with Crippen molar-refractivity contribution in [1.82, 2.24) is 4.90 Å². The zero-order valence-electron chi connectivity index (χ0n) is 22.7. The van der Waals surface area contributed by atoms with E-state index in [1.807, 2.05) is 0 Å². The molecule has 0 unspecified atom stereocenters. The maximum absolute atomic E-state index is 13.8. The van der Waals surface area contributed by atoms with Crippen LogP contribution in [0.25, 0.3) is 11.1 Å². The second-order valence-electron chi connectivity index (χ2n) is 10.5. The van der Waals surface area contributed by atoms with Crippen LogP contribution in [-0.4, -0.2) is 35.5 Å². The highest BCUT2D eigenvalue weighted by atomic mass is 35.5. The van der Waals surface area contributed by atoms with E-state index in [0.717, 1.165) is 12.1 Å². The van der Waals surface area contributed by atoms with Crippen molar-refractivity contribution in [3.8, 4) is 11.1 Å². The van der Waals surface area contributed by atoms with Gasteiger partial charge in [-0.3, -0.25) is 4.90 Å². The lowest BCUT2D eigenvalue weighted by Crippen LogP contribution is -2.43. The Hall–Kier alpha value is -3.41. The molecule has 0 aromatic heterocycles. The fourth-order valence-electron chi connectivity index (χ4n) is 5.41. The molecule has 43 heavy (non-hydrogen) atoms. The molecule has 0 radical (unpaired) electrons. The molecule has 232 valence electrons. The van der Waals surface area contributed by atoms with Crippen LogP contribution in [0.15, 0.2) is 71.8 Å². The van der Waals surface area contributed by atoms with Gasteiger partial charge in [-0.05, 0) is 97.4 Å². The van der Waals surface area contributed by atoms with E-state index in [9.17, 15) is 44.3 Å². The zero-order chi connectivity index (χ0) is 32.1. The summed E-state index contributed by atoms with van der Waals surface area (Å²) in [6.07, 6.45) is -16.2. The fourth-order valence-corrected chi connectivity index (χ4v) is 5.58. The lowest BCUT2D eigenvalue weighted by atomic mass is 9.83. The first-order valence-electron chi connectivity index (χ1n) is 13.0. The van der Waals surface area contributed by atoms with E-state index in [1.54, 1.807) is 25.1 Å². The summed E-state index contributed by atoms with van der Waals surface area (Å²) >= 11 is 6.18. The summed E-state index contributed by atoms with van der Waals surface area (Å²) in [5.74, 6) is 0. The summed E-state index contributed by atoms with van der Waals surface area (Å²) in [6.45, 7) is 5.78. The van der Waals surface area contributed by atoms with Crippen molar-refractivity contribution in [2.45, 2.75) is 69.8 Å². The number of aryl methyl sites for hydroxylation is 1. The minimum atomic E-state index is -5.19. The number of allylic oxidation sites excluding steroid dienone is 3. The summed E-state index contributed by atoms with van der Waals surface area (Å²) in [7, 11) is 0. The van der Waals surface area contributed by atoms with Crippen LogP contribution in [0.3, 0.4) is 0 Å². The summed E-state index contributed by atoms with van der Waals surface area (Å²) in [5, 5.41) is 0.326. The number of carbonyl (C=O) groups is 1. The van der Waals surface area contributed by atoms with Crippen LogP contribution in [0.1, 0.15) is 48.9 Å². The Kier molecular flexibility index (Phi) is 8.76. The summed E-state index contributed by atoms with van der Waals surface area (Å²) < 4.78 is 127. The third-order valence-corrected chi connectivity index (χ3v) is 7.77. The number of hydrogen-bond acceptors (Lipinski definition) is 2. The van der Waals surface area contributed by atoms with Crippen molar-refractivity contribution in [3.05, 3.63) is 93.6 Å². The van der Waals surface area contributed by atoms with E-state index >= 15 is 0 Å². The van der Waals surface area contributed by atoms with Crippen LogP contribution in [0, 0.1) is 6.92 Å². The van der Waals surface area contributed by atoms with Crippen molar-refractivity contribution in [2.75, 3.05) is 0 Å². The highest BCUT2D eigenvalue weighted by Crippen LogP contribution is 2.47. The zero-order valence-corrected chi connectivity index (χ0v) is 23.5. The number of carbonyl (C=O) groups excluding carboxylic acids is 1. The number of piperidine rings is 1. The molecule has 13 heteroatoms. The molecule has 0 aliphatic carbocycles. The second-order valence-corrected chi connectivity index (χ2v) is 10.9. The Labute approximate surface area is 246 Å². The number of halogens is 10. The largest absolute Gasteiger partial charge is 0.439 e. The number of benzene rings is 2. The Morgan fingerprint density at radius 1 is 0.953 bits per heavy atom. The number of rotatable bonds is 5. The number of ether oxygens (including phenoxy) is 1. The molecule has 2 saturated heterocycles. The third-order valence-electron chi connectivity index (χ3n) is 7.54. The average Bonchev–Trinajstić information content (AvgIpc) is 3.24. The molecule has 0 saturated carbocycles. The molecule has 2 heterocycles. The Morgan fingerprint density at radius 2 is 1.63 bits per heavy atom. The minimum absolute atomic E-state index is 0.0639. The molecule has 2 aliphatic rings. The van der Waals surface area contributed by atoms with Crippen LogP contribution >= 0.6 is 11.6 Å². The van der Waals surface area contributed by atoms with Crippen LogP contribution in [0.2, 0.25) is 5.02 Å². The Morgan fingerprint density at radius 3 is 2.23 bits per heavy atom. The fraction of sp³-hybridized carbons (Fsp3) is 0.367. The number of alkyl halides is 9. The molecule has 3 atom stereocenters. The van der Waals surface area contributed by atoms with E-state index in [1.165, 1.54) is 11.0 Å². The quantitative estimate of drug-likeness (QED) is 0.241. The van der Waals surface area contributed by atoms with Crippen molar-refractivity contribution in [2.24, 2.45) is 0 Å². The number of fused-ring (bicyclic) bond motifs is 1. The molecule has 3 nitrogen and oxygen atoms in total. The summed E-state index contributed by atoms with van der Waals surface area (Å²) in [6, 6.07) is 6.12. The van der Waals surface area contributed by atoms with Crippen LogP contribution < -0.4 is 0 Å². The van der Waals surface area contributed by atoms with Gasteiger partial charge in [0, 0.05) is 10.6 Å². The van der Waals surface area contributed by atoms with Gasteiger partial charge in [0.1, 0.15) is 6.10 Å². The standard InChI is InChI=1S/C30H25ClF9NO2/c1-15-7-9-20(31)14-22(15)21-10-8-18(29(35,36)37)13-23(21)24-5-4-6-25-26(43-27(42)41(24)25)16(2)11-19(30(38,39)40)12-17(3)28(32,33)34/h7-14,24-26H,2,4-6H2,1,3H3/b17-12+,19-11+/t24-,25-,26+/m0/s1. The minimum Gasteiger partial charge on any atom is -0.439 e. The maximum Gasteiger partial charge on any atom is 0.416 e. The van der Waals surface area contributed by atoms with Crippen molar-refractivity contribution >= 4 is 17.7 Å². The van der Waals surface area contributed by atoms with Gasteiger partial charge in [0.05, 0.1) is 23.2 Å². The number of amides is 1. The number of nitrogens with zero attached hydrogens (tertiary/aromatic N) is 1. The first-order chi connectivity index (χ1) is 19.8. The molecule has 4 rings (SSSR count). The van der Waals surface area contributed by atoms with Gasteiger partial charge in [-0.1, -0.05) is 30.3 Å².